The van der Waals surface area contributed by atoms with E-state index in [9.17, 15) is 13.2 Å². The molecule has 2 rings (SSSR count). The second kappa shape index (κ2) is 8.71. The number of hydrogen-bond donors (Lipinski definition) is 2. The van der Waals surface area contributed by atoms with E-state index in [2.05, 4.69) is 9.89 Å². The zero-order valence-electron chi connectivity index (χ0n) is 16.2. The molecule has 1 fully saturated rings. The molecule has 0 spiro atoms. The maximum absolute atomic E-state index is 13.4. The first-order chi connectivity index (χ1) is 12.7. The van der Waals surface area contributed by atoms with E-state index in [0.717, 1.165) is 32.4 Å². The summed E-state index contributed by atoms with van der Waals surface area (Å²) < 4.78 is 28.2. The van der Waals surface area contributed by atoms with Gasteiger partial charge in [-0.05, 0) is 51.3 Å². The van der Waals surface area contributed by atoms with Crippen molar-refractivity contribution in [2.24, 2.45) is 16.5 Å². The lowest BCUT2D eigenvalue weighted by atomic mass is 10.1. The van der Waals surface area contributed by atoms with Crippen LogP contribution in [0.15, 0.2) is 28.1 Å². The van der Waals surface area contributed by atoms with Gasteiger partial charge in [-0.2, -0.15) is 9.30 Å². The second-order valence-electron chi connectivity index (χ2n) is 6.87. The zero-order chi connectivity index (χ0) is 20.2. The lowest BCUT2D eigenvalue weighted by Gasteiger charge is -2.32. The van der Waals surface area contributed by atoms with E-state index >= 15 is 0 Å². The Balaban J connectivity index is 2.61. The van der Waals surface area contributed by atoms with Gasteiger partial charge in [0.25, 0.3) is 5.91 Å². The van der Waals surface area contributed by atoms with E-state index < -0.39 is 15.9 Å². The van der Waals surface area contributed by atoms with Crippen LogP contribution in [0.1, 0.15) is 50.4 Å². The third-order valence-electron chi connectivity index (χ3n) is 4.61. The van der Waals surface area contributed by atoms with Gasteiger partial charge in [0.2, 0.25) is 10.0 Å². The molecule has 0 atom stereocenters. The molecule has 0 aromatic heterocycles. The Bertz CT molecular complexity index is 810. The lowest BCUT2D eigenvalue weighted by Crippen LogP contribution is -2.38. The van der Waals surface area contributed by atoms with E-state index in [4.69, 9.17) is 11.5 Å². The average Bonchev–Trinajstić information content (AvgIpc) is 2.61. The molecule has 1 saturated heterocycles. The van der Waals surface area contributed by atoms with Crippen molar-refractivity contribution in [1.29, 1.82) is 0 Å². The highest BCUT2D eigenvalue weighted by Gasteiger charge is 2.31. The number of benzene rings is 1. The zero-order valence-corrected chi connectivity index (χ0v) is 17.0. The summed E-state index contributed by atoms with van der Waals surface area (Å²) in [7, 11) is -3.79. The standard InChI is InChI=1S/C18H29N5O3S/c1-4-23(13(2)3)27(25,26)16-12-14(17(24)21-18(19)20)8-9-15(16)22-10-6-5-7-11-22/h8-9,12-13H,4-7,10-11H2,1-3H3,(H4,19,20,21,24). The number of carbonyl (C=O) groups excluding carboxylic acids is 1. The molecule has 1 aliphatic heterocycles. The fraction of sp³-hybridized carbons (Fsp3) is 0.556. The lowest BCUT2D eigenvalue weighted by molar-refractivity contribution is 0.100. The number of nitrogens with zero attached hydrogens (tertiary/aromatic N) is 3. The fourth-order valence-corrected chi connectivity index (χ4v) is 5.26. The molecule has 1 heterocycles. The van der Waals surface area contributed by atoms with E-state index in [1.54, 1.807) is 19.1 Å². The number of nitrogens with two attached hydrogens (primary N) is 2. The van der Waals surface area contributed by atoms with Crippen molar-refractivity contribution in [2.45, 2.75) is 51.0 Å². The van der Waals surface area contributed by atoms with Crippen LogP contribution in [0.25, 0.3) is 0 Å². The van der Waals surface area contributed by atoms with Crippen LogP contribution in [0.5, 0.6) is 0 Å². The summed E-state index contributed by atoms with van der Waals surface area (Å²) in [5.74, 6) is -1.02. The first-order valence-corrected chi connectivity index (χ1v) is 10.7. The number of sulfonamides is 1. The van der Waals surface area contributed by atoms with E-state index in [1.807, 2.05) is 13.8 Å². The molecular weight excluding hydrogens is 366 g/mol. The summed E-state index contributed by atoms with van der Waals surface area (Å²) in [5, 5.41) is 0. The molecular formula is C18H29N5O3S. The van der Waals surface area contributed by atoms with Crippen molar-refractivity contribution in [1.82, 2.24) is 4.31 Å². The van der Waals surface area contributed by atoms with Gasteiger partial charge in [0.1, 0.15) is 4.90 Å². The third kappa shape index (κ3) is 4.78. The molecule has 1 aliphatic rings. The number of aliphatic imine (C=N–C) groups is 1. The van der Waals surface area contributed by atoms with Crippen molar-refractivity contribution in [2.75, 3.05) is 24.5 Å². The smallest absolute Gasteiger partial charge is 0.280 e. The predicted molar refractivity (Wildman–Crippen MR) is 107 cm³/mol. The van der Waals surface area contributed by atoms with Crippen LogP contribution in [0.2, 0.25) is 0 Å². The minimum Gasteiger partial charge on any atom is -0.370 e. The van der Waals surface area contributed by atoms with Gasteiger partial charge in [0.05, 0.1) is 5.69 Å². The van der Waals surface area contributed by atoms with Gasteiger partial charge in [0.15, 0.2) is 5.96 Å². The van der Waals surface area contributed by atoms with E-state index in [1.165, 1.54) is 10.4 Å². The van der Waals surface area contributed by atoms with Crippen molar-refractivity contribution in [3.8, 4) is 0 Å². The summed E-state index contributed by atoms with van der Waals surface area (Å²) >= 11 is 0. The Morgan fingerprint density at radius 1 is 1.22 bits per heavy atom. The number of hydrogen-bond acceptors (Lipinski definition) is 4. The number of anilines is 1. The van der Waals surface area contributed by atoms with Gasteiger partial charge in [-0.3, -0.25) is 4.79 Å². The van der Waals surface area contributed by atoms with Crippen LogP contribution in [-0.4, -0.2) is 50.3 Å². The summed E-state index contributed by atoms with van der Waals surface area (Å²) in [4.78, 5) is 17.9. The quantitative estimate of drug-likeness (QED) is 0.556. The Labute approximate surface area is 161 Å². The molecule has 0 radical (unpaired) electrons. The number of rotatable bonds is 6. The van der Waals surface area contributed by atoms with E-state index in [0.29, 0.717) is 12.2 Å². The highest BCUT2D eigenvalue weighted by atomic mass is 32.2. The molecule has 9 heteroatoms. The molecule has 150 valence electrons. The van der Waals surface area contributed by atoms with Gasteiger partial charge in [-0.1, -0.05) is 6.92 Å². The molecule has 27 heavy (non-hydrogen) atoms. The minimum absolute atomic E-state index is 0.122. The summed E-state index contributed by atoms with van der Waals surface area (Å²) in [6, 6.07) is 4.44. The van der Waals surface area contributed by atoms with Gasteiger partial charge >= 0.3 is 0 Å². The molecule has 4 N–H and O–H groups in total. The largest absolute Gasteiger partial charge is 0.370 e. The summed E-state index contributed by atoms with van der Waals surface area (Å²) in [6.07, 6.45) is 3.15. The third-order valence-corrected chi connectivity index (χ3v) is 6.79. The van der Waals surface area contributed by atoms with Crippen LogP contribution >= 0.6 is 0 Å². The normalized spacial score (nSPS) is 15.2. The monoisotopic (exact) mass is 395 g/mol. The van der Waals surface area contributed by atoms with Crippen molar-refractivity contribution >= 4 is 27.6 Å². The Morgan fingerprint density at radius 2 is 1.85 bits per heavy atom. The summed E-state index contributed by atoms with van der Waals surface area (Å²) in [5.41, 5.74) is 11.3. The number of amides is 1. The second-order valence-corrected chi connectivity index (χ2v) is 8.73. The molecule has 0 unspecified atom stereocenters. The van der Waals surface area contributed by atoms with Crippen LogP contribution in [0, 0.1) is 0 Å². The average molecular weight is 396 g/mol. The first-order valence-electron chi connectivity index (χ1n) is 9.23. The Hall–Kier alpha value is -2.13. The molecule has 0 saturated carbocycles. The van der Waals surface area contributed by atoms with Gasteiger partial charge in [0, 0.05) is 31.2 Å². The topological polar surface area (TPSA) is 122 Å². The van der Waals surface area contributed by atoms with Gasteiger partial charge in [-0.25, -0.2) is 8.42 Å². The van der Waals surface area contributed by atoms with Crippen molar-refractivity contribution < 1.29 is 13.2 Å². The fourth-order valence-electron chi connectivity index (χ4n) is 3.37. The van der Waals surface area contributed by atoms with E-state index in [-0.39, 0.29) is 22.5 Å². The summed E-state index contributed by atoms with van der Waals surface area (Å²) in [6.45, 7) is 7.37. The van der Waals surface area contributed by atoms with Crippen molar-refractivity contribution in [3.05, 3.63) is 23.8 Å². The first kappa shape index (κ1) is 21.2. The van der Waals surface area contributed by atoms with Crippen molar-refractivity contribution in [3.63, 3.8) is 0 Å². The number of piperidine rings is 1. The highest BCUT2D eigenvalue weighted by molar-refractivity contribution is 7.89. The van der Waals surface area contributed by atoms with Gasteiger partial charge in [-0.15, -0.1) is 0 Å². The van der Waals surface area contributed by atoms with Gasteiger partial charge < -0.3 is 16.4 Å². The number of carbonyl (C=O) groups is 1. The molecule has 1 amide bonds. The van der Waals surface area contributed by atoms with Crippen LogP contribution in [0.4, 0.5) is 5.69 Å². The number of guanidine groups is 1. The minimum atomic E-state index is -3.79. The molecule has 8 nitrogen and oxygen atoms in total. The maximum atomic E-state index is 13.4. The Morgan fingerprint density at radius 3 is 2.37 bits per heavy atom. The molecule has 1 aromatic rings. The van der Waals surface area contributed by atoms with Crippen LogP contribution < -0.4 is 16.4 Å². The molecule has 1 aromatic carbocycles. The SMILES string of the molecule is CCN(C(C)C)S(=O)(=O)c1cc(C(=O)N=C(N)N)ccc1N1CCCCC1. The van der Waals surface area contributed by atoms with Crippen LogP contribution in [-0.2, 0) is 10.0 Å². The highest BCUT2D eigenvalue weighted by Crippen LogP contribution is 2.32. The molecule has 0 aliphatic carbocycles. The predicted octanol–water partition coefficient (Wildman–Crippen LogP) is 1.51. The molecule has 0 bridgehead atoms. The Kier molecular flexibility index (Phi) is 6.83. The van der Waals surface area contributed by atoms with Crippen LogP contribution in [0.3, 0.4) is 0 Å². The maximum Gasteiger partial charge on any atom is 0.280 e.